The molecular formula is C16H13N5S3. The number of hydrogen-bond donors (Lipinski definition) is 0. The van der Waals surface area contributed by atoms with E-state index in [9.17, 15) is 0 Å². The molecule has 8 heteroatoms. The number of thiazole rings is 1. The van der Waals surface area contributed by atoms with Gasteiger partial charge in [0.25, 0.3) is 0 Å². The third-order valence-electron chi connectivity index (χ3n) is 3.53. The molecule has 24 heavy (non-hydrogen) atoms. The van der Waals surface area contributed by atoms with E-state index in [-0.39, 0.29) is 0 Å². The number of aromatic nitrogens is 5. The van der Waals surface area contributed by atoms with Gasteiger partial charge in [-0.2, -0.15) is 4.68 Å². The van der Waals surface area contributed by atoms with Gasteiger partial charge in [0.15, 0.2) is 4.34 Å². The lowest BCUT2D eigenvalue weighted by molar-refractivity contribution is 0.767. The van der Waals surface area contributed by atoms with Crippen LogP contribution in [0.1, 0.15) is 10.4 Å². The number of hydrogen-bond acceptors (Lipinski definition) is 7. The van der Waals surface area contributed by atoms with Gasteiger partial charge in [-0.05, 0) is 47.7 Å². The molecule has 4 aromatic rings. The van der Waals surface area contributed by atoms with Crippen molar-refractivity contribution in [2.75, 3.05) is 0 Å². The Labute approximate surface area is 151 Å². The number of thiophene rings is 1. The molecule has 5 nitrogen and oxygen atoms in total. The first kappa shape index (κ1) is 15.5. The molecule has 1 aromatic carbocycles. The summed E-state index contributed by atoms with van der Waals surface area (Å²) in [5.74, 6) is 0. The number of benzene rings is 1. The maximum atomic E-state index is 4.69. The summed E-state index contributed by atoms with van der Waals surface area (Å²) in [6, 6.07) is 12.3. The van der Waals surface area contributed by atoms with Gasteiger partial charge in [0.2, 0.25) is 5.16 Å². The molecule has 0 aliphatic rings. The van der Waals surface area contributed by atoms with Crippen LogP contribution >= 0.6 is 34.4 Å². The van der Waals surface area contributed by atoms with E-state index in [1.807, 2.05) is 18.2 Å². The van der Waals surface area contributed by atoms with Gasteiger partial charge in [-0.3, -0.25) is 0 Å². The molecule has 0 N–H and O–H groups in total. The fraction of sp³-hybridized carbons (Fsp3) is 0.125. The Kier molecular flexibility index (Phi) is 4.17. The summed E-state index contributed by atoms with van der Waals surface area (Å²) in [5, 5.41) is 15.9. The summed E-state index contributed by atoms with van der Waals surface area (Å²) in [4.78, 5) is 5.96. The van der Waals surface area contributed by atoms with Crippen molar-refractivity contribution in [3.63, 3.8) is 0 Å². The van der Waals surface area contributed by atoms with Crippen LogP contribution < -0.4 is 0 Å². The molecule has 0 saturated carbocycles. The van der Waals surface area contributed by atoms with Gasteiger partial charge in [-0.25, -0.2) is 4.98 Å². The molecule has 0 aliphatic heterocycles. The summed E-state index contributed by atoms with van der Waals surface area (Å²) in [6.07, 6.45) is 0. The summed E-state index contributed by atoms with van der Waals surface area (Å²) >= 11 is 4.78. The van der Waals surface area contributed by atoms with Crippen LogP contribution in [0.2, 0.25) is 0 Å². The zero-order valence-electron chi connectivity index (χ0n) is 13.0. The number of rotatable bonds is 4. The number of tetrazole rings is 1. The van der Waals surface area contributed by atoms with E-state index in [0.29, 0.717) is 0 Å². The standard InChI is InChI=1S/C16H13N5S3/c1-10-8-14(23-11(10)2)21-15(18-19-20-21)24-16-17-13(9-22-16)12-6-4-3-5-7-12/h3-9H,1-2H3. The maximum Gasteiger partial charge on any atom is 0.221 e. The second-order valence-electron chi connectivity index (χ2n) is 5.16. The van der Waals surface area contributed by atoms with Crippen molar-refractivity contribution in [3.05, 3.63) is 52.2 Å². The minimum Gasteiger partial charge on any atom is -0.229 e. The topological polar surface area (TPSA) is 56.5 Å². The molecule has 0 atom stereocenters. The Bertz CT molecular complexity index is 951. The van der Waals surface area contributed by atoms with E-state index in [1.165, 1.54) is 22.2 Å². The van der Waals surface area contributed by atoms with E-state index >= 15 is 0 Å². The van der Waals surface area contributed by atoms with Crippen molar-refractivity contribution in [2.45, 2.75) is 23.3 Å². The SMILES string of the molecule is Cc1cc(-n2nnnc2Sc2nc(-c3ccccc3)cs2)sc1C. The molecule has 0 radical (unpaired) electrons. The third kappa shape index (κ3) is 3.00. The van der Waals surface area contributed by atoms with Gasteiger partial charge in [-0.1, -0.05) is 30.3 Å². The molecule has 0 fully saturated rings. The van der Waals surface area contributed by atoms with Crippen LogP contribution in [0.5, 0.6) is 0 Å². The molecule has 0 spiro atoms. The van der Waals surface area contributed by atoms with E-state index < -0.39 is 0 Å². The molecule has 0 saturated heterocycles. The largest absolute Gasteiger partial charge is 0.229 e. The van der Waals surface area contributed by atoms with E-state index in [4.69, 9.17) is 0 Å². The average molecular weight is 372 g/mol. The quantitative estimate of drug-likeness (QED) is 0.524. The van der Waals surface area contributed by atoms with E-state index in [1.54, 1.807) is 27.4 Å². The van der Waals surface area contributed by atoms with Gasteiger partial charge in [0.05, 0.1) is 5.69 Å². The molecule has 0 unspecified atom stereocenters. The first-order valence-electron chi connectivity index (χ1n) is 7.25. The van der Waals surface area contributed by atoms with Crippen molar-refractivity contribution in [2.24, 2.45) is 0 Å². The first-order valence-corrected chi connectivity index (χ1v) is 9.76. The smallest absolute Gasteiger partial charge is 0.221 e. The summed E-state index contributed by atoms with van der Waals surface area (Å²) in [7, 11) is 0. The van der Waals surface area contributed by atoms with Crippen LogP contribution in [0.25, 0.3) is 16.3 Å². The maximum absolute atomic E-state index is 4.69. The van der Waals surface area contributed by atoms with Crippen LogP contribution in [-0.4, -0.2) is 25.2 Å². The van der Waals surface area contributed by atoms with Crippen LogP contribution in [0.15, 0.2) is 51.3 Å². The van der Waals surface area contributed by atoms with Gasteiger partial charge >= 0.3 is 0 Å². The summed E-state index contributed by atoms with van der Waals surface area (Å²) in [5.41, 5.74) is 3.34. The van der Waals surface area contributed by atoms with Gasteiger partial charge in [0, 0.05) is 15.8 Å². The second kappa shape index (κ2) is 6.46. The van der Waals surface area contributed by atoms with Crippen molar-refractivity contribution in [1.29, 1.82) is 0 Å². The van der Waals surface area contributed by atoms with Crippen molar-refractivity contribution in [3.8, 4) is 16.3 Å². The van der Waals surface area contributed by atoms with Crippen LogP contribution in [0, 0.1) is 13.8 Å². The Hall–Kier alpha value is -2.03. The minimum atomic E-state index is 0.727. The normalized spacial score (nSPS) is 11.1. The van der Waals surface area contributed by atoms with Crippen LogP contribution in [0.3, 0.4) is 0 Å². The van der Waals surface area contributed by atoms with Gasteiger partial charge in [0.1, 0.15) is 5.00 Å². The molecule has 0 aliphatic carbocycles. The Morgan fingerprint density at radius 3 is 2.71 bits per heavy atom. The minimum absolute atomic E-state index is 0.727. The Morgan fingerprint density at radius 2 is 1.96 bits per heavy atom. The summed E-state index contributed by atoms with van der Waals surface area (Å²) < 4.78 is 2.70. The fourth-order valence-electron chi connectivity index (χ4n) is 2.16. The van der Waals surface area contributed by atoms with Gasteiger partial charge in [-0.15, -0.1) is 27.8 Å². The first-order chi connectivity index (χ1) is 11.7. The van der Waals surface area contributed by atoms with E-state index in [0.717, 1.165) is 25.8 Å². The van der Waals surface area contributed by atoms with Gasteiger partial charge < -0.3 is 0 Å². The molecule has 3 aromatic heterocycles. The highest BCUT2D eigenvalue weighted by molar-refractivity contribution is 8.00. The molecule has 0 bridgehead atoms. The highest BCUT2D eigenvalue weighted by Crippen LogP contribution is 2.34. The third-order valence-corrected chi connectivity index (χ3v) is 6.54. The zero-order chi connectivity index (χ0) is 16.5. The highest BCUT2D eigenvalue weighted by atomic mass is 32.2. The second-order valence-corrected chi connectivity index (χ2v) is 8.47. The van der Waals surface area contributed by atoms with Crippen molar-refractivity contribution >= 4 is 34.4 Å². The lowest BCUT2D eigenvalue weighted by Crippen LogP contribution is -1.95. The fourth-order valence-corrected chi connectivity index (χ4v) is 4.91. The molecule has 0 amide bonds. The predicted molar refractivity (Wildman–Crippen MR) is 98.2 cm³/mol. The Morgan fingerprint density at radius 1 is 1.12 bits per heavy atom. The summed E-state index contributed by atoms with van der Waals surface area (Å²) in [6.45, 7) is 4.20. The average Bonchev–Trinajstić information content (AvgIpc) is 3.31. The predicted octanol–water partition coefficient (Wildman–Crippen LogP) is 4.62. The number of aryl methyl sites for hydroxylation is 2. The lowest BCUT2D eigenvalue weighted by atomic mass is 10.2. The monoisotopic (exact) mass is 371 g/mol. The van der Waals surface area contributed by atoms with Crippen molar-refractivity contribution < 1.29 is 0 Å². The molecular weight excluding hydrogens is 358 g/mol. The van der Waals surface area contributed by atoms with Crippen molar-refractivity contribution in [1.82, 2.24) is 25.2 Å². The molecule has 3 heterocycles. The van der Waals surface area contributed by atoms with Crippen LogP contribution in [-0.2, 0) is 0 Å². The number of nitrogens with zero attached hydrogens (tertiary/aromatic N) is 5. The highest BCUT2D eigenvalue weighted by Gasteiger charge is 2.15. The Balaban J connectivity index is 1.61. The van der Waals surface area contributed by atoms with E-state index in [2.05, 4.69) is 57.9 Å². The lowest BCUT2D eigenvalue weighted by Gasteiger charge is -1.98. The zero-order valence-corrected chi connectivity index (χ0v) is 15.5. The van der Waals surface area contributed by atoms with Crippen LogP contribution in [0.4, 0.5) is 0 Å². The molecule has 4 rings (SSSR count). The molecule has 120 valence electrons.